The van der Waals surface area contributed by atoms with Crippen LogP contribution < -0.4 is 0 Å². The van der Waals surface area contributed by atoms with Crippen LogP contribution in [0.1, 0.15) is 13.8 Å². The van der Waals surface area contributed by atoms with E-state index in [1.54, 1.807) is 0 Å². The van der Waals surface area contributed by atoms with Gasteiger partial charge in [-0.15, -0.1) is 11.3 Å². The predicted octanol–water partition coefficient (Wildman–Crippen LogP) is 4.74. The van der Waals surface area contributed by atoms with Crippen molar-refractivity contribution in [2.24, 2.45) is 0 Å². The summed E-state index contributed by atoms with van der Waals surface area (Å²) in [6.45, 7) is 4.00. The lowest BCUT2D eigenvalue weighted by molar-refractivity contribution is -0.396. The van der Waals surface area contributed by atoms with Gasteiger partial charge in [-0.25, -0.2) is 0 Å². The minimum absolute atomic E-state index is 0.248. The van der Waals surface area contributed by atoms with E-state index in [0.29, 0.717) is 4.90 Å². The molecule has 0 aliphatic heterocycles. The summed E-state index contributed by atoms with van der Waals surface area (Å²) in [6, 6.07) is 7.32. The summed E-state index contributed by atoms with van der Waals surface area (Å²) in [4.78, 5) is 20.6. The Morgan fingerprint density at radius 1 is 1.10 bits per heavy atom. The van der Waals surface area contributed by atoms with E-state index in [0.717, 1.165) is 10.3 Å². The van der Waals surface area contributed by atoms with Crippen LogP contribution in [0.4, 0.5) is 11.4 Å². The summed E-state index contributed by atoms with van der Waals surface area (Å²) in [7, 11) is 0. The molecule has 2 aromatic rings. The number of hydrogen-bond acceptors (Lipinski definition) is 6. The van der Waals surface area contributed by atoms with Crippen LogP contribution in [0.25, 0.3) is 0 Å². The molecule has 20 heavy (non-hydrogen) atoms. The van der Waals surface area contributed by atoms with Gasteiger partial charge >= 0.3 is 0 Å². The molecular weight excluding hydrogens is 300 g/mol. The minimum Gasteiger partial charge on any atom is -0.258 e. The van der Waals surface area contributed by atoms with Crippen LogP contribution in [0, 0.1) is 20.2 Å². The van der Waals surface area contributed by atoms with Crippen LogP contribution in [-0.2, 0) is 0 Å². The summed E-state index contributed by atoms with van der Waals surface area (Å²) in [6.07, 6.45) is 0. The second-order valence-corrected chi connectivity index (χ2v) is 5.49. The zero-order valence-electron chi connectivity index (χ0n) is 10.8. The average Bonchev–Trinajstić information content (AvgIpc) is 2.94. The van der Waals surface area contributed by atoms with Crippen LogP contribution in [0.3, 0.4) is 0 Å². The largest absolute Gasteiger partial charge is 0.290 e. The normalized spacial score (nSPS) is 9.50. The molecule has 0 saturated heterocycles. The summed E-state index contributed by atoms with van der Waals surface area (Å²) < 4.78 is 0.895. The lowest BCUT2D eigenvalue weighted by Crippen LogP contribution is -1.94. The number of benzene rings is 1. The number of nitro groups is 2. The zero-order chi connectivity index (χ0) is 15.1. The highest BCUT2D eigenvalue weighted by Crippen LogP contribution is 2.38. The fraction of sp³-hybridized carbons (Fsp3) is 0.167. The Labute approximate surface area is 123 Å². The van der Waals surface area contributed by atoms with E-state index in [1.807, 2.05) is 31.4 Å². The van der Waals surface area contributed by atoms with Crippen LogP contribution in [0.15, 0.2) is 44.8 Å². The molecule has 106 valence electrons. The number of rotatable bonds is 4. The lowest BCUT2D eigenvalue weighted by Gasteiger charge is -2.00. The fourth-order valence-corrected chi connectivity index (χ4v) is 3.09. The molecule has 0 amide bonds. The zero-order valence-corrected chi connectivity index (χ0v) is 12.4. The Hall–Kier alpha value is -1.93. The van der Waals surface area contributed by atoms with Crippen molar-refractivity contribution in [1.82, 2.24) is 0 Å². The van der Waals surface area contributed by atoms with E-state index in [2.05, 4.69) is 0 Å². The third-order valence-corrected chi connectivity index (χ3v) is 4.16. The first-order valence-corrected chi connectivity index (χ1v) is 7.42. The van der Waals surface area contributed by atoms with Crippen molar-refractivity contribution in [3.05, 3.63) is 55.9 Å². The third kappa shape index (κ3) is 4.04. The van der Waals surface area contributed by atoms with Gasteiger partial charge in [0.2, 0.25) is 0 Å². The average molecular weight is 312 g/mol. The Morgan fingerprint density at radius 3 is 2.30 bits per heavy atom. The van der Waals surface area contributed by atoms with Gasteiger partial charge < -0.3 is 0 Å². The molecule has 1 heterocycles. The Kier molecular flexibility index (Phi) is 6.13. The molecule has 0 aliphatic rings. The van der Waals surface area contributed by atoms with E-state index < -0.39 is 9.85 Å². The molecule has 1 aromatic heterocycles. The molecule has 0 radical (unpaired) electrons. The Morgan fingerprint density at radius 2 is 1.80 bits per heavy atom. The van der Waals surface area contributed by atoms with E-state index in [9.17, 15) is 20.2 Å². The summed E-state index contributed by atoms with van der Waals surface area (Å²) in [5.74, 6) is 0. The molecule has 0 fully saturated rings. The highest BCUT2D eigenvalue weighted by atomic mass is 32.2. The number of nitro benzene ring substituents is 2. The van der Waals surface area contributed by atoms with E-state index >= 15 is 0 Å². The van der Waals surface area contributed by atoms with Gasteiger partial charge in [0.25, 0.3) is 11.4 Å². The summed E-state index contributed by atoms with van der Waals surface area (Å²) in [5, 5.41) is 23.3. The molecule has 0 saturated carbocycles. The van der Waals surface area contributed by atoms with Gasteiger partial charge in [-0.3, -0.25) is 20.2 Å². The first-order valence-electron chi connectivity index (χ1n) is 5.72. The number of non-ortho nitro benzene ring substituents is 1. The molecule has 8 heteroatoms. The maximum Gasteiger partial charge on any atom is 0.290 e. The molecule has 0 aliphatic carbocycles. The van der Waals surface area contributed by atoms with E-state index in [4.69, 9.17) is 0 Å². The van der Waals surface area contributed by atoms with Crippen molar-refractivity contribution in [3.63, 3.8) is 0 Å². The molecule has 0 atom stereocenters. The van der Waals surface area contributed by atoms with Gasteiger partial charge in [0.15, 0.2) is 0 Å². The van der Waals surface area contributed by atoms with Crippen molar-refractivity contribution in [3.8, 4) is 0 Å². The van der Waals surface area contributed by atoms with Crippen molar-refractivity contribution < 1.29 is 9.85 Å². The van der Waals surface area contributed by atoms with Gasteiger partial charge in [-0.1, -0.05) is 31.7 Å². The maximum atomic E-state index is 10.9. The minimum atomic E-state index is -0.646. The standard InChI is InChI=1S/C10H6N2O4S2.C2H6/c13-11(14)7-3-4-9(8(6-7)12(15)16)18-10-2-1-5-17-10;1-2/h1-6H;1-2H3. The quantitative estimate of drug-likeness (QED) is 0.601. The highest BCUT2D eigenvalue weighted by Gasteiger charge is 2.20. The van der Waals surface area contributed by atoms with Crippen molar-refractivity contribution in [2.45, 2.75) is 23.0 Å². The SMILES string of the molecule is CC.O=[N+]([O-])c1ccc(Sc2cccs2)c([N+](=O)[O-])c1. The van der Waals surface area contributed by atoms with Gasteiger partial charge in [-0.05, 0) is 17.5 Å². The van der Waals surface area contributed by atoms with Crippen LogP contribution in [0.2, 0.25) is 0 Å². The van der Waals surface area contributed by atoms with E-state index in [-0.39, 0.29) is 11.4 Å². The van der Waals surface area contributed by atoms with Crippen molar-refractivity contribution in [1.29, 1.82) is 0 Å². The first kappa shape index (κ1) is 16.1. The number of nitrogens with zero attached hydrogens (tertiary/aromatic N) is 2. The number of hydrogen-bond donors (Lipinski definition) is 0. The van der Waals surface area contributed by atoms with E-state index in [1.165, 1.54) is 35.2 Å². The molecule has 6 nitrogen and oxygen atoms in total. The summed E-state index contributed by atoms with van der Waals surface area (Å²) in [5.41, 5.74) is -0.528. The van der Waals surface area contributed by atoms with Gasteiger partial charge in [-0.2, -0.15) is 0 Å². The van der Waals surface area contributed by atoms with Gasteiger partial charge in [0.1, 0.15) is 0 Å². The topological polar surface area (TPSA) is 86.3 Å². The third-order valence-electron chi connectivity index (χ3n) is 2.06. The van der Waals surface area contributed by atoms with Crippen molar-refractivity contribution >= 4 is 34.5 Å². The van der Waals surface area contributed by atoms with Crippen LogP contribution in [0.5, 0.6) is 0 Å². The Bertz CT molecular complexity index is 600. The molecule has 0 N–H and O–H groups in total. The molecular formula is C12H12N2O4S2. The van der Waals surface area contributed by atoms with Crippen molar-refractivity contribution in [2.75, 3.05) is 0 Å². The monoisotopic (exact) mass is 312 g/mol. The van der Waals surface area contributed by atoms with Crippen LogP contribution >= 0.6 is 23.1 Å². The van der Waals surface area contributed by atoms with Crippen LogP contribution in [-0.4, -0.2) is 9.85 Å². The highest BCUT2D eigenvalue weighted by molar-refractivity contribution is 8.01. The Balaban J connectivity index is 0.000000956. The fourth-order valence-electron chi connectivity index (χ4n) is 1.28. The van der Waals surface area contributed by atoms with Gasteiger partial charge in [0.05, 0.1) is 25.0 Å². The molecule has 0 spiro atoms. The summed E-state index contributed by atoms with van der Waals surface area (Å²) >= 11 is 2.68. The lowest BCUT2D eigenvalue weighted by atomic mass is 10.3. The maximum absolute atomic E-state index is 10.9. The van der Waals surface area contributed by atoms with Gasteiger partial charge in [0, 0.05) is 6.07 Å². The number of thiophene rings is 1. The molecule has 0 bridgehead atoms. The molecule has 0 unspecified atom stereocenters. The second-order valence-electron chi connectivity index (χ2n) is 3.20. The second kappa shape index (κ2) is 7.61. The molecule has 2 rings (SSSR count). The first-order chi connectivity index (χ1) is 9.58. The smallest absolute Gasteiger partial charge is 0.258 e. The molecule has 1 aromatic carbocycles. The predicted molar refractivity (Wildman–Crippen MR) is 79.5 cm³/mol.